The summed E-state index contributed by atoms with van der Waals surface area (Å²) >= 11 is 15.5. The summed E-state index contributed by atoms with van der Waals surface area (Å²) in [4.78, 5) is 0. The summed E-state index contributed by atoms with van der Waals surface area (Å²) in [6.07, 6.45) is 0. The van der Waals surface area contributed by atoms with E-state index in [2.05, 4.69) is 15.9 Å². The molecule has 1 unspecified atom stereocenters. The summed E-state index contributed by atoms with van der Waals surface area (Å²) in [5, 5.41) is 0.936. The van der Waals surface area contributed by atoms with Crippen LogP contribution in [-0.4, -0.2) is 0 Å². The standard InChI is InChI=1S/C13H9BrCl2FN/c14-7-1-3-11(15)9(5-7)13(18)10-6-8(17)2-4-12(10)16/h1-6,13H,18H2. The smallest absolute Gasteiger partial charge is 0.123 e. The molecule has 0 amide bonds. The van der Waals surface area contributed by atoms with Gasteiger partial charge in [-0.15, -0.1) is 0 Å². The fourth-order valence-electron chi connectivity index (χ4n) is 1.67. The summed E-state index contributed by atoms with van der Waals surface area (Å²) < 4.78 is 14.1. The van der Waals surface area contributed by atoms with Gasteiger partial charge in [-0.3, -0.25) is 0 Å². The molecule has 2 aromatic rings. The Morgan fingerprint density at radius 2 is 1.56 bits per heavy atom. The molecule has 2 N–H and O–H groups in total. The fourth-order valence-corrected chi connectivity index (χ4v) is 2.52. The van der Waals surface area contributed by atoms with Gasteiger partial charge in [0.05, 0.1) is 6.04 Å². The third-order valence-corrected chi connectivity index (χ3v) is 3.77. The third-order valence-electron chi connectivity index (χ3n) is 2.59. The van der Waals surface area contributed by atoms with Gasteiger partial charge in [-0.05, 0) is 47.5 Å². The molecule has 0 saturated heterocycles. The second-order valence-electron chi connectivity index (χ2n) is 3.81. The molecule has 1 atom stereocenters. The molecular weight excluding hydrogens is 340 g/mol. The topological polar surface area (TPSA) is 26.0 Å². The number of nitrogens with two attached hydrogens (primary N) is 1. The number of hydrogen-bond donors (Lipinski definition) is 1. The zero-order valence-electron chi connectivity index (χ0n) is 9.13. The maximum Gasteiger partial charge on any atom is 0.123 e. The van der Waals surface area contributed by atoms with E-state index in [-0.39, 0.29) is 5.82 Å². The van der Waals surface area contributed by atoms with Crippen molar-refractivity contribution in [1.82, 2.24) is 0 Å². The van der Waals surface area contributed by atoms with Gasteiger partial charge in [0.15, 0.2) is 0 Å². The van der Waals surface area contributed by atoms with E-state index < -0.39 is 6.04 Å². The van der Waals surface area contributed by atoms with Crippen LogP contribution in [0.2, 0.25) is 10.0 Å². The first-order valence-corrected chi connectivity index (χ1v) is 6.69. The van der Waals surface area contributed by atoms with Crippen LogP contribution in [-0.2, 0) is 0 Å². The molecule has 0 aliphatic carbocycles. The number of rotatable bonds is 2. The summed E-state index contributed by atoms with van der Waals surface area (Å²) in [5.74, 6) is -0.379. The van der Waals surface area contributed by atoms with Gasteiger partial charge >= 0.3 is 0 Å². The molecular formula is C13H9BrCl2FN. The van der Waals surface area contributed by atoms with E-state index in [1.54, 1.807) is 12.1 Å². The maximum absolute atomic E-state index is 13.2. The number of benzene rings is 2. The van der Waals surface area contributed by atoms with Gasteiger partial charge in [-0.25, -0.2) is 4.39 Å². The summed E-state index contributed by atoms with van der Waals surface area (Å²) in [6, 6.07) is 8.87. The zero-order chi connectivity index (χ0) is 13.3. The maximum atomic E-state index is 13.2. The van der Waals surface area contributed by atoms with Crippen LogP contribution in [0.3, 0.4) is 0 Å². The SMILES string of the molecule is NC(c1cc(F)ccc1Cl)c1cc(Br)ccc1Cl. The molecule has 18 heavy (non-hydrogen) atoms. The Balaban J connectivity index is 2.50. The molecule has 2 rings (SSSR count). The van der Waals surface area contributed by atoms with Crippen LogP contribution < -0.4 is 5.73 Å². The predicted octanol–water partition coefficient (Wildman–Crippen LogP) is 4.94. The molecule has 5 heteroatoms. The average Bonchev–Trinajstić information content (AvgIpc) is 2.34. The van der Waals surface area contributed by atoms with Crippen molar-refractivity contribution in [3.63, 3.8) is 0 Å². The fraction of sp³-hybridized carbons (Fsp3) is 0.0769. The van der Waals surface area contributed by atoms with Gasteiger partial charge in [0, 0.05) is 14.5 Å². The first-order valence-electron chi connectivity index (χ1n) is 5.14. The minimum Gasteiger partial charge on any atom is -0.320 e. The lowest BCUT2D eigenvalue weighted by Gasteiger charge is -2.16. The highest BCUT2D eigenvalue weighted by Gasteiger charge is 2.16. The lowest BCUT2D eigenvalue weighted by molar-refractivity contribution is 0.623. The van der Waals surface area contributed by atoms with Crippen LogP contribution in [0.4, 0.5) is 4.39 Å². The average molecular weight is 349 g/mol. The minimum absolute atomic E-state index is 0.379. The van der Waals surface area contributed by atoms with E-state index in [0.717, 1.165) is 4.47 Å². The van der Waals surface area contributed by atoms with Crippen molar-refractivity contribution in [3.05, 3.63) is 67.9 Å². The lowest BCUT2D eigenvalue weighted by atomic mass is 9.99. The quantitative estimate of drug-likeness (QED) is 0.816. The monoisotopic (exact) mass is 347 g/mol. The highest BCUT2D eigenvalue weighted by atomic mass is 79.9. The van der Waals surface area contributed by atoms with E-state index in [4.69, 9.17) is 28.9 Å². The Kier molecular flexibility index (Phi) is 4.28. The van der Waals surface area contributed by atoms with E-state index in [1.165, 1.54) is 18.2 Å². The van der Waals surface area contributed by atoms with E-state index >= 15 is 0 Å². The van der Waals surface area contributed by atoms with E-state index in [9.17, 15) is 4.39 Å². The lowest BCUT2D eigenvalue weighted by Crippen LogP contribution is -2.13. The molecule has 0 radical (unpaired) electrons. The van der Waals surface area contributed by atoms with Crippen molar-refractivity contribution < 1.29 is 4.39 Å². The first-order chi connectivity index (χ1) is 8.49. The van der Waals surface area contributed by atoms with Gasteiger partial charge in [-0.1, -0.05) is 39.1 Å². The largest absolute Gasteiger partial charge is 0.320 e. The Morgan fingerprint density at radius 1 is 1.00 bits per heavy atom. The molecule has 1 nitrogen and oxygen atoms in total. The van der Waals surface area contributed by atoms with Crippen molar-refractivity contribution >= 4 is 39.1 Å². The minimum atomic E-state index is -0.571. The van der Waals surface area contributed by atoms with Crippen molar-refractivity contribution in [2.75, 3.05) is 0 Å². The van der Waals surface area contributed by atoms with Crippen LogP contribution in [0.25, 0.3) is 0 Å². The van der Waals surface area contributed by atoms with Crippen LogP contribution in [0.5, 0.6) is 0 Å². The Morgan fingerprint density at radius 3 is 2.22 bits per heavy atom. The van der Waals surface area contributed by atoms with Gasteiger partial charge < -0.3 is 5.73 Å². The third kappa shape index (κ3) is 2.86. The highest BCUT2D eigenvalue weighted by molar-refractivity contribution is 9.10. The second-order valence-corrected chi connectivity index (χ2v) is 5.54. The molecule has 0 aliphatic heterocycles. The molecule has 0 fully saturated rings. The predicted molar refractivity (Wildman–Crippen MR) is 76.6 cm³/mol. The first kappa shape index (κ1) is 13.8. The Bertz CT molecular complexity index is 538. The van der Waals surface area contributed by atoms with E-state index in [1.807, 2.05) is 6.07 Å². The molecule has 0 bridgehead atoms. The van der Waals surface area contributed by atoms with Crippen molar-refractivity contribution in [2.45, 2.75) is 6.04 Å². The summed E-state index contributed by atoms with van der Waals surface area (Å²) in [6.45, 7) is 0. The Labute approximate surface area is 123 Å². The second kappa shape index (κ2) is 5.57. The van der Waals surface area contributed by atoms with Gasteiger partial charge in [0.25, 0.3) is 0 Å². The summed E-state index contributed by atoms with van der Waals surface area (Å²) in [5.41, 5.74) is 7.30. The molecule has 94 valence electrons. The van der Waals surface area contributed by atoms with Crippen LogP contribution >= 0.6 is 39.1 Å². The highest BCUT2D eigenvalue weighted by Crippen LogP contribution is 2.32. The van der Waals surface area contributed by atoms with Crippen molar-refractivity contribution in [3.8, 4) is 0 Å². The summed E-state index contributed by atoms with van der Waals surface area (Å²) in [7, 11) is 0. The normalized spacial score (nSPS) is 12.5. The molecule has 0 spiro atoms. The molecule has 0 aromatic heterocycles. The van der Waals surface area contributed by atoms with Crippen LogP contribution in [0, 0.1) is 5.82 Å². The Hall–Kier alpha value is -0.610. The molecule has 0 saturated carbocycles. The van der Waals surface area contributed by atoms with Crippen LogP contribution in [0.15, 0.2) is 40.9 Å². The number of halogens is 4. The van der Waals surface area contributed by atoms with E-state index in [0.29, 0.717) is 21.2 Å². The number of hydrogen-bond acceptors (Lipinski definition) is 1. The molecule has 2 aromatic carbocycles. The molecule has 0 aliphatic rings. The van der Waals surface area contributed by atoms with Gasteiger partial charge in [-0.2, -0.15) is 0 Å². The zero-order valence-corrected chi connectivity index (χ0v) is 12.2. The van der Waals surface area contributed by atoms with Crippen LogP contribution in [0.1, 0.15) is 17.2 Å². The van der Waals surface area contributed by atoms with Crippen molar-refractivity contribution in [1.29, 1.82) is 0 Å². The van der Waals surface area contributed by atoms with Gasteiger partial charge in [0.1, 0.15) is 5.82 Å². The van der Waals surface area contributed by atoms with Gasteiger partial charge in [0.2, 0.25) is 0 Å². The molecule has 0 heterocycles. The van der Waals surface area contributed by atoms with Crippen molar-refractivity contribution in [2.24, 2.45) is 5.73 Å².